The van der Waals surface area contributed by atoms with Crippen LogP contribution in [0.3, 0.4) is 0 Å². The van der Waals surface area contributed by atoms with Crippen molar-refractivity contribution >= 4 is 33.5 Å². The zero-order valence-electron chi connectivity index (χ0n) is 8.57. The first-order chi connectivity index (χ1) is 7.77. The summed E-state index contributed by atoms with van der Waals surface area (Å²) in [6.45, 7) is 0. The molecule has 0 unspecified atom stereocenters. The molecule has 0 atom stereocenters. The minimum atomic E-state index is -4.62. The molecule has 0 aliphatic rings. The van der Waals surface area contributed by atoms with Crippen molar-refractivity contribution in [2.45, 2.75) is 12.6 Å². The van der Waals surface area contributed by atoms with E-state index >= 15 is 0 Å². The van der Waals surface area contributed by atoms with Crippen LogP contribution in [0.25, 0.3) is 0 Å². The van der Waals surface area contributed by atoms with E-state index in [2.05, 4.69) is 20.7 Å². The van der Waals surface area contributed by atoms with Crippen molar-refractivity contribution in [2.75, 3.05) is 7.11 Å². The van der Waals surface area contributed by atoms with Crippen LogP contribution in [0.1, 0.15) is 11.1 Å². The maximum absolute atomic E-state index is 12.8. The molecule has 94 valence electrons. The zero-order chi connectivity index (χ0) is 13.2. The highest BCUT2D eigenvalue weighted by Crippen LogP contribution is 2.40. The Kier molecular flexibility index (Phi) is 4.43. The van der Waals surface area contributed by atoms with Gasteiger partial charge in [0.1, 0.15) is 0 Å². The molecular formula is C10H7BrClF3O2. The summed E-state index contributed by atoms with van der Waals surface area (Å²) in [6, 6.07) is 2.48. The highest BCUT2D eigenvalue weighted by molar-refractivity contribution is 9.10. The second-order valence-electron chi connectivity index (χ2n) is 3.13. The molecule has 2 nitrogen and oxygen atoms in total. The quantitative estimate of drug-likeness (QED) is 0.770. The van der Waals surface area contributed by atoms with E-state index in [1.165, 1.54) is 6.07 Å². The van der Waals surface area contributed by atoms with Crippen molar-refractivity contribution in [1.82, 2.24) is 0 Å². The molecule has 0 heterocycles. The summed E-state index contributed by atoms with van der Waals surface area (Å²) in [5.74, 6) is -0.765. The molecule has 0 amide bonds. The Balaban J connectivity index is 3.35. The fourth-order valence-corrected chi connectivity index (χ4v) is 2.04. The SMILES string of the molecule is COC(=O)Cc1c(Br)ccc(Cl)c1C(F)(F)F. The maximum atomic E-state index is 12.8. The standard InChI is InChI=1S/C10H7BrClF3O2/c1-17-8(16)4-5-6(11)2-3-7(12)9(5)10(13,14)15/h2-3H,4H2,1H3. The Morgan fingerprint density at radius 3 is 2.53 bits per heavy atom. The monoisotopic (exact) mass is 330 g/mol. The smallest absolute Gasteiger partial charge is 0.418 e. The van der Waals surface area contributed by atoms with Gasteiger partial charge in [0.05, 0.1) is 24.1 Å². The van der Waals surface area contributed by atoms with Crippen molar-refractivity contribution in [2.24, 2.45) is 0 Å². The van der Waals surface area contributed by atoms with Gasteiger partial charge in [-0.25, -0.2) is 0 Å². The third-order valence-corrected chi connectivity index (χ3v) is 3.10. The first kappa shape index (κ1) is 14.3. The summed E-state index contributed by atoms with van der Waals surface area (Å²) in [5.41, 5.74) is -1.24. The van der Waals surface area contributed by atoms with Gasteiger partial charge in [0, 0.05) is 4.47 Å². The average Bonchev–Trinajstić information content (AvgIpc) is 2.21. The second kappa shape index (κ2) is 5.27. The van der Waals surface area contributed by atoms with Crippen LogP contribution in [0.4, 0.5) is 13.2 Å². The molecule has 0 N–H and O–H groups in total. The van der Waals surface area contributed by atoms with Gasteiger partial charge in [0.2, 0.25) is 0 Å². The van der Waals surface area contributed by atoms with Gasteiger partial charge in [0.25, 0.3) is 0 Å². The molecule has 1 aromatic rings. The van der Waals surface area contributed by atoms with E-state index in [1.807, 2.05) is 0 Å². The van der Waals surface area contributed by atoms with E-state index in [1.54, 1.807) is 0 Å². The van der Waals surface area contributed by atoms with Crippen molar-refractivity contribution in [3.05, 3.63) is 32.8 Å². The van der Waals surface area contributed by atoms with E-state index in [0.717, 1.165) is 13.2 Å². The van der Waals surface area contributed by atoms with Crippen LogP contribution in [0.2, 0.25) is 5.02 Å². The summed E-state index contributed by atoms with van der Waals surface area (Å²) in [6.07, 6.45) is -5.11. The number of halogens is 5. The summed E-state index contributed by atoms with van der Waals surface area (Å²) < 4.78 is 42.9. The Bertz CT molecular complexity index is 446. The molecule has 7 heteroatoms. The number of benzene rings is 1. The third-order valence-electron chi connectivity index (χ3n) is 2.04. The van der Waals surface area contributed by atoms with E-state index in [0.29, 0.717) is 0 Å². The highest BCUT2D eigenvalue weighted by Gasteiger charge is 2.37. The minimum absolute atomic E-state index is 0.166. The van der Waals surface area contributed by atoms with Crippen LogP contribution in [0.15, 0.2) is 16.6 Å². The molecule has 0 bridgehead atoms. The van der Waals surface area contributed by atoms with Crippen molar-refractivity contribution < 1.29 is 22.7 Å². The van der Waals surface area contributed by atoms with Gasteiger partial charge in [-0.05, 0) is 17.7 Å². The average molecular weight is 332 g/mol. The molecule has 0 saturated carbocycles. The predicted octanol–water partition coefficient (Wildman–Crippen LogP) is 3.84. The molecule has 1 rings (SSSR count). The highest BCUT2D eigenvalue weighted by atomic mass is 79.9. The number of carbonyl (C=O) groups excluding carboxylic acids is 1. The van der Waals surface area contributed by atoms with Gasteiger partial charge in [-0.1, -0.05) is 27.5 Å². The molecule has 0 radical (unpaired) electrons. The molecule has 0 saturated heterocycles. The molecule has 1 aromatic carbocycles. The van der Waals surface area contributed by atoms with Crippen LogP contribution in [0, 0.1) is 0 Å². The van der Waals surface area contributed by atoms with Gasteiger partial charge < -0.3 is 4.74 Å². The van der Waals surface area contributed by atoms with Crippen LogP contribution in [-0.4, -0.2) is 13.1 Å². The number of alkyl halides is 3. The summed E-state index contributed by atoms with van der Waals surface area (Å²) in [5, 5.41) is -0.445. The lowest BCUT2D eigenvalue weighted by Gasteiger charge is -2.15. The molecular weight excluding hydrogens is 324 g/mol. The lowest BCUT2D eigenvalue weighted by molar-refractivity contribution is -0.141. The summed E-state index contributed by atoms with van der Waals surface area (Å²) in [7, 11) is 1.11. The predicted molar refractivity (Wildman–Crippen MR) is 59.9 cm³/mol. The topological polar surface area (TPSA) is 26.3 Å². The van der Waals surface area contributed by atoms with Gasteiger partial charge >= 0.3 is 12.1 Å². The van der Waals surface area contributed by atoms with Crippen LogP contribution in [0.5, 0.6) is 0 Å². The number of hydrogen-bond acceptors (Lipinski definition) is 2. The van der Waals surface area contributed by atoms with E-state index in [9.17, 15) is 18.0 Å². The lowest BCUT2D eigenvalue weighted by Crippen LogP contribution is -2.14. The van der Waals surface area contributed by atoms with Gasteiger partial charge in [-0.3, -0.25) is 4.79 Å². The van der Waals surface area contributed by atoms with E-state index in [-0.39, 0.29) is 10.0 Å². The molecule has 17 heavy (non-hydrogen) atoms. The number of esters is 1. The minimum Gasteiger partial charge on any atom is -0.469 e. The Labute approximate surface area is 109 Å². The maximum Gasteiger partial charge on any atom is 0.418 e. The van der Waals surface area contributed by atoms with Gasteiger partial charge in [-0.2, -0.15) is 13.2 Å². The van der Waals surface area contributed by atoms with Crippen molar-refractivity contribution in [1.29, 1.82) is 0 Å². The lowest BCUT2D eigenvalue weighted by atomic mass is 10.0. The molecule has 0 fully saturated rings. The first-order valence-corrected chi connectivity index (χ1v) is 5.55. The number of carbonyl (C=O) groups is 1. The fourth-order valence-electron chi connectivity index (χ4n) is 1.29. The number of methoxy groups -OCH3 is 1. The Morgan fingerprint density at radius 2 is 2.06 bits per heavy atom. The second-order valence-corrected chi connectivity index (χ2v) is 4.39. The third kappa shape index (κ3) is 3.35. The first-order valence-electron chi connectivity index (χ1n) is 4.38. The zero-order valence-corrected chi connectivity index (χ0v) is 10.9. The van der Waals surface area contributed by atoms with Crippen LogP contribution >= 0.6 is 27.5 Å². The number of rotatable bonds is 2. The number of ether oxygens (including phenoxy) is 1. The van der Waals surface area contributed by atoms with Crippen molar-refractivity contribution in [3.8, 4) is 0 Å². The largest absolute Gasteiger partial charge is 0.469 e. The van der Waals surface area contributed by atoms with Crippen LogP contribution in [-0.2, 0) is 22.1 Å². The van der Waals surface area contributed by atoms with Gasteiger partial charge in [0.15, 0.2) is 0 Å². The summed E-state index contributed by atoms with van der Waals surface area (Å²) >= 11 is 8.48. The molecule has 0 aliphatic carbocycles. The van der Waals surface area contributed by atoms with E-state index < -0.39 is 29.2 Å². The fraction of sp³-hybridized carbons (Fsp3) is 0.300. The molecule has 0 spiro atoms. The van der Waals surface area contributed by atoms with Gasteiger partial charge in [-0.15, -0.1) is 0 Å². The number of hydrogen-bond donors (Lipinski definition) is 0. The Morgan fingerprint density at radius 1 is 1.47 bits per heavy atom. The van der Waals surface area contributed by atoms with Crippen LogP contribution < -0.4 is 0 Å². The summed E-state index contributed by atoms with van der Waals surface area (Å²) in [4.78, 5) is 11.1. The molecule has 0 aliphatic heterocycles. The Hall–Kier alpha value is -0.750. The van der Waals surface area contributed by atoms with E-state index in [4.69, 9.17) is 11.6 Å². The normalized spacial score (nSPS) is 11.4. The van der Waals surface area contributed by atoms with Crippen molar-refractivity contribution in [3.63, 3.8) is 0 Å². The molecule has 0 aromatic heterocycles.